The Morgan fingerprint density at radius 2 is 2.10 bits per heavy atom. The predicted molar refractivity (Wildman–Crippen MR) is 81.3 cm³/mol. The van der Waals surface area contributed by atoms with Gasteiger partial charge in [0.1, 0.15) is 11.1 Å². The van der Waals surface area contributed by atoms with Gasteiger partial charge in [0.2, 0.25) is 0 Å². The predicted octanol–water partition coefficient (Wildman–Crippen LogP) is 2.17. The summed E-state index contributed by atoms with van der Waals surface area (Å²) in [5.74, 6) is -0.420. The van der Waals surface area contributed by atoms with Gasteiger partial charge in [0.05, 0.1) is 12.6 Å². The number of aliphatic carboxylic acids is 1. The molecule has 21 heavy (non-hydrogen) atoms. The van der Waals surface area contributed by atoms with Crippen LogP contribution in [0, 0.1) is 0 Å². The molecule has 0 aliphatic rings. The highest BCUT2D eigenvalue weighted by molar-refractivity contribution is 6.29. The molecule has 1 unspecified atom stereocenters. The molecule has 1 N–H and O–H groups in total. The Balaban J connectivity index is 2.49. The quantitative estimate of drug-likeness (QED) is 0.860. The van der Waals surface area contributed by atoms with Crippen LogP contribution in [0.25, 0.3) is 10.9 Å². The van der Waals surface area contributed by atoms with Gasteiger partial charge in [-0.05, 0) is 30.5 Å². The minimum absolute atomic E-state index is 0.126. The summed E-state index contributed by atoms with van der Waals surface area (Å²) in [4.78, 5) is 22.6. The second-order valence-corrected chi connectivity index (χ2v) is 5.29. The van der Waals surface area contributed by atoms with E-state index in [1.165, 1.54) is 10.6 Å². The van der Waals surface area contributed by atoms with Crippen molar-refractivity contribution in [3.63, 3.8) is 0 Å². The number of pyridine rings is 1. The summed E-state index contributed by atoms with van der Waals surface area (Å²) in [7, 11) is 3.23. The largest absolute Gasteiger partial charge is 0.495 e. The van der Waals surface area contributed by atoms with E-state index in [-0.39, 0.29) is 5.56 Å². The van der Waals surface area contributed by atoms with Crippen molar-refractivity contribution in [3.8, 4) is 5.75 Å². The fourth-order valence-corrected chi connectivity index (χ4v) is 2.44. The van der Waals surface area contributed by atoms with Gasteiger partial charge in [-0.2, -0.15) is 0 Å². The number of hydrogen-bond acceptors (Lipinski definition) is 3. The van der Waals surface area contributed by atoms with Crippen LogP contribution in [-0.4, -0.2) is 28.1 Å². The minimum atomic E-state index is -1.03. The van der Waals surface area contributed by atoms with Crippen molar-refractivity contribution in [1.82, 2.24) is 4.57 Å². The average molecular weight is 310 g/mol. The first kappa shape index (κ1) is 15.4. The smallest absolute Gasteiger partial charge is 0.321 e. The highest BCUT2D eigenvalue weighted by Crippen LogP contribution is 2.28. The standard InChI is InChI=1S/C15H16ClNO4/c1-17-13(18)8-5-10-9(3-6-11(16)15(19)20)4-7-12(21-2)14(10)17/h4-5,7-8,11H,3,6H2,1-2H3,(H,19,20). The van der Waals surface area contributed by atoms with E-state index in [1.807, 2.05) is 6.07 Å². The molecule has 112 valence electrons. The molecule has 0 saturated heterocycles. The van der Waals surface area contributed by atoms with Gasteiger partial charge in [0.15, 0.2) is 0 Å². The summed E-state index contributed by atoms with van der Waals surface area (Å²) < 4.78 is 6.82. The van der Waals surface area contributed by atoms with Gasteiger partial charge in [0.25, 0.3) is 5.56 Å². The number of fused-ring (bicyclic) bond motifs is 1. The van der Waals surface area contributed by atoms with E-state index in [0.29, 0.717) is 24.1 Å². The molecule has 1 heterocycles. The van der Waals surface area contributed by atoms with E-state index in [0.717, 1.165) is 10.9 Å². The molecule has 5 nitrogen and oxygen atoms in total. The van der Waals surface area contributed by atoms with Gasteiger partial charge in [-0.25, -0.2) is 0 Å². The third-order valence-electron chi connectivity index (χ3n) is 3.48. The Bertz CT molecular complexity index is 738. The maximum Gasteiger partial charge on any atom is 0.321 e. The molecule has 0 saturated carbocycles. The number of carboxylic acid groups (broad SMARTS) is 1. The molecule has 0 bridgehead atoms. The average Bonchev–Trinajstić information content (AvgIpc) is 2.47. The number of halogens is 1. The van der Waals surface area contributed by atoms with E-state index < -0.39 is 11.3 Å². The molecule has 0 spiro atoms. The number of carboxylic acids is 1. The molecule has 1 aromatic heterocycles. The van der Waals surface area contributed by atoms with E-state index >= 15 is 0 Å². The van der Waals surface area contributed by atoms with E-state index in [1.54, 1.807) is 26.3 Å². The van der Waals surface area contributed by atoms with Crippen LogP contribution < -0.4 is 10.3 Å². The summed E-state index contributed by atoms with van der Waals surface area (Å²) in [6.07, 6.45) is 0.834. The number of benzene rings is 1. The van der Waals surface area contributed by atoms with E-state index in [2.05, 4.69) is 0 Å². The highest BCUT2D eigenvalue weighted by Gasteiger charge is 2.15. The van der Waals surface area contributed by atoms with E-state index in [4.69, 9.17) is 21.4 Å². The maximum atomic E-state index is 11.8. The Hall–Kier alpha value is -2.01. The minimum Gasteiger partial charge on any atom is -0.495 e. The van der Waals surface area contributed by atoms with Crippen molar-refractivity contribution in [2.24, 2.45) is 7.05 Å². The van der Waals surface area contributed by atoms with Crippen LogP contribution in [0.2, 0.25) is 0 Å². The van der Waals surface area contributed by atoms with Crippen LogP contribution in [0.5, 0.6) is 5.75 Å². The van der Waals surface area contributed by atoms with Gasteiger partial charge in [-0.3, -0.25) is 9.59 Å². The Morgan fingerprint density at radius 3 is 2.71 bits per heavy atom. The molecule has 1 atom stereocenters. The molecule has 0 fully saturated rings. The topological polar surface area (TPSA) is 68.5 Å². The molecular formula is C15H16ClNO4. The first-order valence-corrected chi connectivity index (χ1v) is 6.92. The van der Waals surface area contributed by atoms with Crippen molar-refractivity contribution in [2.75, 3.05) is 7.11 Å². The fraction of sp³-hybridized carbons (Fsp3) is 0.333. The first-order chi connectivity index (χ1) is 9.95. The molecule has 1 aromatic carbocycles. The van der Waals surface area contributed by atoms with Crippen LogP contribution in [0.4, 0.5) is 0 Å². The lowest BCUT2D eigenvalue weighted by Crippen LogP contribution is -2.17. The maximum absolute atomic E-state index is 11.8. The molecule has 0 amide bonds. The van der Waals surface area contributed by atoms with Crippen molar-refractivity contribution < 1.29 is 14.6 Å². The molecule has 6 heteroatoms. The van der Waals surface area contributed by atoms with Crippen molar-refractivity contribution >= 4 is 28.5 Å². The second-order valence-electron chi connectivity index (χ2n) is 4.76. The van der Waals surface area contributed by atoms with Crippen LogP contribution in [-0.2, 0) is 18.3 Å². The number of ether oxygens (including phenoxy) is 1. The summed E-state index contributed by atoms with van der Waals surface area (Å²) in [5.41, 5.74) is 1.51. The van der Waals surface area contributed by atoms with Gasteiger partial charge in [-0.1, -0.05) is 6.07 Å². The van der Waals surface area contributed by atoms with Crippen LogP contribution in [0.1, 0.15) is 12.0 Å². The number of nitrogens with zero attached hydrogens (tertiary/aromatic N) is 1. The van der Waals surface area contributed by atoms with Gasteiger partial charge >= 0.3 is 5.97 Å². The fourth-order valence-electron chi connectivity index (χ4n) is 2.33. The SMILES string of the molecule is COc1ccc(CCC(Cl)C(=O)O)c2ccc(=O)n(C)c12. The number of alkyl halides is 1. The second kappa shape index (κ2) is 6.18. The van der Waals surface area contributed by atoms with Crippen LogP contribution >= 0.6 is 11.6 Å². The number of aryl methyl sites for hydroxylation is 2. The van der Waals surface area contributed by atoms with Gasteiger partial charge < -0.3 is 14.4 Å². The number of aromatic nitrogens is 1. The monoisotopic (exact) mass is 309 g/mol. The normalized spacial score (nSPS) is 12.3. The van der Waals surface area contributed by atoms with Crippen molar-refractivity contribution in [2.45, 2.75) is 18.2 Å². The highest BCUT2D eigenvalue weighted by atomic mass is 35.5. The lowest BCUT2D eigenvalue weighted by molar-refractivity contribution is -0.136. The number of hydrogen-bond donors (Lipinski definition) is 1. The van der Waals surface area contributed by atoms with Gasteiger partial charge in [0, 0.05) is 18.5 Å². The molecular weight excluding hydrogens is 294 g/mol. The third kappa shape index (κ3) is 3.03. The van der Waals surface area contributed by atoms with Crippen molar-refractivity contribution in [3.05, 3.63) is 40.2 Å². The molecule has 2 rings (SSSR count). The summed E-state index contributed by atoms with van der Waals surface area (Å²) in [6.45, 7) is 0. The van der Waals surface area contributed by atoms with E-state index in [9.17, 15) is 9.59 Å². The van der Waals surface area contributed by atoms with Crippen LogP contribution in [0.3, 0.4) is 0 Å². The third-order valence-corrected chi connectivity index (χ3v) is 3.89. The first-order valence-electron chi connectivity index (χ1n) is 6.48. The summed E-state index contributed by atoms with van der Waals surface area (Å²) in [6, 6.07) is 6.87. The Morgan fingerprint density at radius 1 is 1.38 bits per heavy atom. The summed E-state index contributed by atoms with van der Waals surface area (Å²) in [5, 5.41) is 8.78. The summed E-state index contributed by atoms with van der Waals surface area (Å²) >= 11 is 5.75. The lowest BCUT2D eigenvalue weighted by atomic mass is 10.0. The Kier molecular flexibility index (Phi) is 4.53. The zero-order chi connectivity index (χ0) is 15.6. The van der Waals surface area contributed by atoms with Crippen molar-refractivity contribution in [1.29, 1.82) is 0 Å². The number of methoxy groups -OCH3 is 1. The molecule has 2 aromatic rings. The van der Waals surface area contributed by atoms with Gasteiger partial charge in [-0.15, -0.1) is 11.6 Å². The van der Waals surface area contributed by atoms with Crippen LogP contribution in [0.15, 0.2) is 29.1 Å². The zero-order valence-corrected chi connectivity index (χ0v) is 12.6. The molecule has 0 aliphatic heterocycles. The Labute approximate surface area is 126 Å². The molecule has 0 aliphatic carbocycles. The molecule has 0 radical (unpaired) electrons. The zero-order valence-electron chi connectivity index (χ0n) is 11.8. The number of carbonyl (C=O) groups is 1. The lowest BCUT2D eigenvalue weighted by Gasteiger charge is -2.13. The number of rotatable bonds is 5.